The fourth-order valence-corrected chi connectivity index (χ4v) is 3.93. The van der Waals surface area contributed by atoms with E-state index in [2.05, 4.69) is 29.5 Å². The highest BCUT2D eigenvalue weighted by Crippen LogP contribution is 2.29. The molecule has 0 bridgehead atoms. The Bertz CT molecular complexity index is 789. The van der Waals surface area contributed by atoms with E-state index in [0.29, 0.717) is 17.8 Å². The van der Waals surface area contributed by atoms with E-state index in [1.807, 2.05) is 20.9 Å². The third kappa shape index (κ3) is 9.29. The number of hydrogen-bond donors (Lipinski definition) is 2. The van der Waals surface area contributed by atoms with Gasteiger partial charge in [0.05, 0.1) is 7.11 Å². The molecule has 33 heavy (non-hydrogen) atoms. The van der Waals surface area contributed by atoms with Gasteiger partial charge in [-0.3, -0.25) is 0 Å². The van der Waals surface area contributed by atoms with Crippen LogP contribution in [0.15, 0.2) is 5.38 Å². The van der Waals surface area contributed by atoms with E-state index < -0.39 is 35.8 Å². The number of amides is 1. The van der Waals surface area contributed by atoms with Gasteiger partial charge in [0.2, 0.25) is 0 Å². The first-order chi connectivity index (χ1) is 15.3. The van der Waals surface area contributed by atoms with Crippen molar-refractivity contribution in [3.05, 3.63) is 16.1 Å². The molecule has 0 unspecified atom stereocenters. The van der Waals surface area contributed by atoms with Gasteiger partial charge in [-0.15, -0.1) is 11.3 Å². The molecule has 0 fully saturated rings. The minimum atomic E-state index is -0.889. The predicted octanol–water partition coefficient (Wildman–Crippen LogP) is 4.09. The highest BCUT2D eigenvalue weighted by atomic mass is 32.1. The number of carbonyl (C=O) groups is 3. The highest BCUT2D eigenvalue weighted by molar-refractivity contribution is 7.09. The molecule has 1 rings (SSSR count). The van der Waals surface area contributed by atoms with E-state index in [4.69, 9.17) is 14.2 Å². The maximum absolute atomic E-state index is 13.2. The average molecular weight is 486 g/mol. The van der Waals surface area contributed by atoms with Crippen LogP contribution in [0.5, 0.6) is 0 Å². The smallest absolute Gasteiger partial charge is 0.408 e. The van der Waals surface area contributed by atoms with Gasteiger partial charge in [0.1, 0.15) is 16.7 Å². The topological polar surface area (TPSA) is 116 Å². The van der Waals surface area contributed by atoms with Gasteiger partial charge >= 0.3 is 18.0 Å². The van der Waals surface area contributed by atoms with Crippen LogP contribution in [-0.2, 0) is 19.0 Å². The predicted molar refractivity (Wildman–Crippen MR) is 127 cm³/mol. The van der Waals surface area contributed by atoms with Gasteiger partial charge in [-0.25, -0.2) is 19.4 Å². The van der Waals surface area contributed by atoms with Crippen LogP contribution in [0.4, 0.5) is 4.79 Å². The van der Waals surface area contributed by atoms with Gasteiger partial charge in [-0.05, 0) is 39.7 Å². The molecule has 188 valence electrons. The molecule has 9 nitrogen and oxygen atoms in total. The van der Waals surface area contributed by atoms with Gasteiger partial charge in [0.25, 0.3) is 0 Å². The molecular formula is C23H39N3O6S. The highest BCUT2D eigenvalue weighted by Gasteiger charge is 2.33. The SMILES string of the molecule is CC[C@H](C)[C@H](NC(=O)OC(C)(C)C)C(=O)O[C@H](C[C@@H](NC)C(C)C)c1nc(C(=O)OC)cs1. The summed E-state index contributed by atoms with van der Waals surface area (Å²) < 4.78 is 16.0. The van der Waals surface area contributed by atoms with E-state index in [1.54, 1.807) is 26.2 Å². The van der Waals surface area contributed by atoms with Crippen molar-refractivity contribution in [2.45, 2.75) is 85.1 Å². The Kier molecular flexibility index (Phi) is 11.3. The Morgan fingerprint density at radius 1 is 1.18 bits per heavy atom. The largest absolute Gasteiger partial charge is 0.464 e. The zero-order valence-electron chi connectivity index (χ0n) is 21.2. The van der Waals surface area contributed by atoms with E-state index in [0.717, 1.165) is 0 Å². The quantitative estimate of drug-likeness (QED) is 0.356. The lowest BCUT2D eigenvalue weighted by Crippen LogP contribution is -2.48. The third-order valence-corrected chi connectivity index (χ3v) is 6.17. The molecule has 0 aliphatic carbocycles. The van der Waals surface area contributed by atoms with Crippen molar-refractivity contribution in [3.63, 3.8) is 0 Å². The van der Waals surface area contributed by atoms with Gasteiger partial charge in [-0.1, -0.05) is 34.1 Å². The second kappa shape index (κ2) is 12.9. The molecule has 0 radical (unpaired) electrons. The van der Waals surface area contributed by atoms with Gasteiger partial charge in [-0.2, -0.15) is 0 Å². The van der Waals surface area contributed by atoms with Crippen LogP contribution >= 0.6 is 11.3 Å². The van der Waals surface area contributed by atoms with Crippen LogP contribution in [0.2, 0.25) is 0 Å². The summed E-state index contributed by atoms with van der Waals surface area (Å²) in [6.07, 6.45) is -0.283. The van der Waals surface area contributed by atoms with Gasteiger partial charge in [0, 0.05) is 17.8 Å². The lowest BCUT2D eigenvalue weighted by molar-refractivity contribution is -0.154. The molecule has 1 amide bonds. The summed E-state index contributed by atoms with van der Waals surface area (Å²) in [6, 6.07) is -0.853. The Labute approximate surface area is 201 Å². The second-order valence-corrected chi connectivity index (χ2v) is 10.3. The van der Waals surface area contributed by atoms with E-state index in [9.17, 15) is 14.4 Å². The number of esters is 2. The van der Waals surface area contributed by atoms with Gasteiger partial charge < -0.3 is 24.8 Å². The fourth-order valence-electron chi connectivity index (χ4n) is 3.10. The van der Waals surface area contributed by atoms with Gasteiger partial charge in [0.15, 0.2) is 11.8 Å². The van der Waals surface area contributed by atoms with Crippen molar-refractivity contribution in [3.8, 4) is 0 Å². The molecule has 4 atom stereocenters. The summed E-state index contributed by atoms with van der Waals surface area (Å²) in [5, 5.41) is 7.97. The minimum absolute atomic E-state index is 0.0362. The lowest BCUT2D eigenvalue weighted by Gasteiger charge is -2.29. The number of carbonyl (C=O) groups excluding carboxylic acids is 3. The molecule has 1 aromatic heterocycles. The molecule has 1 heterocycles. The number of aromatic nitrogens is 1. The molecule has 0 aromatic carbocycles. The number of alkyl carbamates (subject to hydrolysis) is 1. The van der Waals surface area contributed by atoms with Crippen LogP contribution < -0.4 is 10.6 Å². The zero-order valence-corrected chi connectivity index (χ0v) is 22.0. The lowest BCUT2D eigenvalue weighted by atomic mass is 9.97. The Morgan fingerprint density at radius 2 is 1.82 bits per heavy atom. The van der Waals surface area contributed by atoms with Crippen LogP contribution in [0.25, 0.3) is 0 Å². The van der Waals surface area contributed by atoms with Crippen LogP contribution in [0.3, 0.4) is 0 Å². The van der Waals surface area contributed by atoms with Crippen molar-refractivity contribution in [1.29, 1.82) is 0 Å². The van der Waals surface area contributed by atoms with Crippen LogP contribution in [0, 0.1) is 11.8 Å². The van der Waals surface area contributed by atoms with Crippen LogP contribution in [0.1, 0.15) is 82.9 Å². The molecule has 10 heteroatoms. The average Bonchev–Trinajstić information content (AvgIpc) is 3.22. The van der Waals surface area contributed by atoms with Crippen LogP contribution in [-0.4, -0.2) is 54.9 Å². The molecule has 0 saturated carbocycles. The number of ether oxygens (including phenoxy) is 3. The monoisotopic (exact) mass is 485 g/mol. The van der Waals surface area contributed by atoms with E-state index in [-0.39, 0.29) is 23.6 Å². The number of methoxy groups -OCH3 is 1. The van der Waals surface area contributed by atoms with Crippen molar-refractivity contribution < 1.29 is 28.6 Å². The summed E-state index contributed by atoms with van der Waals surface area (Å²) in [6.45, 7) is 13.2. The molecule has 0 aliphatic heterocycles. The molecule has 0 aliphatic rings. The standard InChI is InChI=1S/C23H39N3O6S/c1-10-14(4)18(26-22(29)32-23(5,6)7)21(28)31-17(11-15(24-8)13(2)3)19-25-16(12-33-19)20(27)30-9/h12-15,17-18,24H,10-11H2,1-9H3,(H,26,29)/t14-,15+,17+,18-/m0/s1. The summed E-state index contributed by atoms with van der Waals surface area (Å²) in [5.41, 5.74) is -0.534. The Hall–Kier alpha value is -2.20. The third-order valence-electron chi connectivity index (χ3n) is 5.23. The van der Waals surface area contributed by atoms with E-state index in [1.165, 1.54) is 18.4 Å². The number of thiazole rings is 1. The summed E-state index contributed by atoms with van der Waals surface area (Å²) in [7, 11) is 3.13. The first-order valence-corrected chi connectivity index (χ1v) is 12.1. The maximum Gasteiger partial charge on any atom is 0.408 e. The second-order valence-electron chi connectivity index (χ2n) is 9.37. The van der Waals surface area contributed by atoms with Crippen molar-refractivity contribution in [2.24, 2.45) is 11.8 Å². The molecule has 0 spiro atoms. The van der Waals surface area contributed by atoms with Crippen molar-refractivity contribution in [1.82, 2.24) is 15.6 Å². The first kappa shape index (κ1) is 28.8. The summed E-state index contributed by atoms with van der Waals surface area (Å²) in [4.78, 5) is 41.8. The first-order valence-electron chi connectivity index (χ1n) is 11.2. The summed E-state index contributed by atoms with van der Waals surface area (Å²) >= 11 is 1.23. The Balaban J connectivity index is 3.17. The maximum atomic E-state index is 13.2. The number of nitrogens with one attached hydrogen (secondary N) is 2. The Morgan fingerprint density at radius 3 is 2.30 bits per heavy atom. The number of hydrogen-bond acceptors (Lipinski definition) is 9. The van der Waals surface area contributed by atoms with Crippen molar-refractivity contribution in [2.75, 3.05) is 14.2 Å². The molecule has 1 aromatic rings. The number of rotatable bonds is 11. The molecular weight excluding hydrogens is 446 g/mol. The fraction of sp³-hybridized carbons (Fsp3) is 0.739. The molecule has 0 saturated heterocycles. The molecule has 2 N–H and O–H groups in total. The minimum Gasteiger partial charge on any atom is -0.464 e. The number of nitrogens with zero attached hydrogens (tertiary/aromatic N) is 1. The van der Waals surface area contributed by atoms with E-state index >= 15 is 0 Å². The van der Waals surface area contributed by atoms with Crippen molar-refractivity contribution >= 4 is 29.4 Å². The zero-order chi connectivity index (χ0) is 25.3. The normalized spacial score (nSPS) is 15.3. The summed E-state index contributed by atoms with van der Waals surface area (Å²) in [5.74, 6) is -1.05.